The Kier molecular flexibility index (Phi) is 4.29. The fourth-order valence-corrected chi connectivity index (χ4v) is 8.81. The zero-order valence-electron chi connectivity index (χ0n) is 14.2. The predicted octanol–water partition coefficient (Wildman–Crippen LogP) is 0.701. The molecule has 2 nitrogen and oxygen atoms in total. The summed E-state index contributed by atoms with van der Waals surface area (Å²) in [5.41, 5.74) is 1.44. The van der Waals surface area contributed by atoms with Gasteiger partial charge in [-0.25, -0.2) is 0 Å². The van der Waals surface area contributed by atoms with Gasteiger partial charge in [0.1, 0.15) is 0 Å². The average molecular weight is 424 g/mol. The second-order valence-corrected chi connectivity index (χ2v) is 11.8. The zero-order valence-corrected chi connectivity index (χ0v) is 16.3. The average Bonchev–Trinajstić information content (AvgIpc) is 2.53. The number of carbonyl (C=O) groups is 1. The number of fused-ring (bicyclic) bond motifs is 1. The van der Waals surface area contributed by atoms with Crippen LogP contribution in [-0.4, -0.2) is 25.2 Å². The molecule has 0 spiro atoms. The fourth-order valence-electron chi connectivity index (χ4n) is 4.53. The molecule has 1 aromatic carbocycles. The molecule has 1 saturated heterocycles. The summed E-state index contributed by atoms with van der Waals surface area (Å²) in [5, 5.41) is 0. The summed E-state index contributed by atoms with van der Waals surface area (Å²) in [6.07, 6.45) is 4.90. The van der Waals surface area contributed by atoms with Gasteiger partial charge in [-0.2, -0.15) is 0 Å². The first-order valence-corrected chi connectivity index (χ1v) is 11.5. The molecule has 126 valence electrons. The van der Waals surface area contributed by atoms with Crippen molar-refractivity contribution in [3.8, 4) is 0 Å². The summed E-state index contributed by atoms with van der Waals surface area (Å²) in [5.74, 6) is 1.67. The van der Waals surface area contributed by atoms with Crippen molar-refractivity contribution < 1.29 is 26.0 Å². The zero-order chi connectivity index (χ0) is 16.0. The van der Waals surface area contributed by atoms with Gasteiger partial charge in [-0.1, -0.05) is 0 Å². The molecule has 2 aliphatic carbocycles. The van der Waals surface area contributed by atoms with E-state index in [0.717, 1.165) is 29.9 Å². The molecule has 3 aliphatic rings. The Morgan fingerprint density at radius 3 is 2.57 bits per heavy atom. The Bertz CT molecular complexity index is 589. The number of Topliss-reactive ketones (excluding diaryl/α,β-unsaturated/α-hetero) is 1. The summed E-state index contributed by atoms with van der Waals surface area (Å²) >= 11 is 0.0980. The standard InChI is InChI=1S/C20H27INO/c1-14-8-9-17(14)19(23)20-11-10-18(20)21-15(2)22(13-20)12-16-6-4-3-5-7-16/h3-7,14-15,17-18H,8-13H2,1-2H3/q-1/t14?,15?,17?,18-,20?/m1/s1. The number of ketones is 1. The van der Waals surface area contributed by atoms with Crippen molar-refractivity contribution in [2.24, 2.45) is 17.3 Å². The molecule has 4 unspecified atom stereocenters. The fraction of sp³-hybridized carbons (Fsp3) is 0.650. The van der Waals surface area contributed by atoms with Crippen molar-refractivity contribution in [1.29, 1.82) is 0 Å². The second-order valence-electron chi connectivity index (χ2n) is 7.78. The van der Waals surface area contributed by atoms with Crippen LogP contribution in [0.25, 0.3) is 0 Å². The third-order valence-electron chi connectivity index (χ3n) is 6.44. The van der Waals surface area contributed by atoms with Crippen LogP contribution in [0.4, 0.5) is 0 Å². The van der Waals surface area contributed by atoms with Crippen LogP contribution >= 0.6 is 0 Å². The molecule has 5 atom stereocenters. The monoisotopic (exact) mass is 424 g/mol. The summed E-state index contributed by atoms with van der Waals surface area (Å²) in [7, 11) is 0. The first-order valence-electron chi connectivity index (χ1n) is 9.04. The third-order valence-corrected chi connectivity index (χ3v) is 11.0. The molecule has 1 aromatic rings. The Morgan fingerprint density at radius 1 is 1.22 bits per heavy atom. The summed E-state index contributed by atoms with van der Waals surface area (Å²) < 4.78 is 1.47. The molecule has 3 heteroatoms. The van der Waals surface area contributed by atoms with Gasteiger partial charge in [-0.3, -0.25) is 0 Å². The first kappa shape index (κ1) is 16.1. The van der Waals surface area contributed by atoms with Gasteiger partial charge < -0.3 is 0 Å². The van der Waals surface area contributed by atoms with E-state index in [9.17, 15) is 4.79 Å². The molecule has 0 aromatic heterocycles. The van der Waals surface area contributed by atoms with E-state index in [-0.39, 0.29) is 26.6 Å². The molecule has 1 heterocycles. The predicted molar refractivity (Wildman–Crippen MR) is 88.7 cm³/mol. The molecule has 4 rings (SSSR count). The second kappa shape index (κ2) is 6.14. The Morgan fingerprint density at radius 2 is 2.00 bits per heavy atom. The molecule has 0 N–H and O–H groups in total. The van der Waals surface area contributed by atoms with Gasteiger partial charge in [0.2, 0.25) is 0 Å². The maximum absolute atomic E-state index is 13.3. The first-order chi connectivity index (χ1) is 11.1. The number of hydrogen-bond donors (Lipinski definition) is 0. The number of nitrogens with zero attached hydrogens (tertiary/aromatic N) is 1. The maximum atomic E-state index is 13.3. The van der Waals surface area contributed by atoms with E-state index in [2.05, 4.69) is 49.1 Å². The van der Waals surface area contributed by atoms with Gasteiger partial charge in [0.15, 0.2) is 0 Å². The van der Waals surface area contributed by atoms with Crippen molar-refractivity contribution in [3.63, 3.8) is 0 Å². The van der Waals surface area contributed by atoms with Gasteiger partial charge in [-0.05, 0) is 0 Å². The van der Waals surface area contributed by atoms with E-state index in [1.54, 1.807) is 0 Å². The number of benzene rings is 1. The Balaban J connectivity index is 1.52. The third kappa shape index (κ3) is 2.68. The van der Waals surface area contributed by atoms with Crippen LogP contribution in [0.15, 0.2) is 30.3 Å². The van der Waals surface area contributed by atoms with E-state index < -0.39 is 0 Å². The molecular weight excluding hydrogens is 397 g/mol. The number of alkyl halides is 2. The van der Waals surface area contributed by atoms with E-state index >= 15 is 0 Å². The van der Waals surface area contributed by atoms with Crippen molar-refractivity contribution in [2.75, 3.05) is 6.54 Å². The molecule has 3 fully saturated rings. The van der Waals surface area contributed by atoms with E-state index in [1.807, 2.05) is 0 Å². The van der Waals surface area contributed by atoms with Gasteiger partial charge in [0, 0.05) is 0 Å². The minimum atomic E-state index is 0.0495. The van der Waals surface area contributed by atoms with E-state index in [1.165, 1.54) is 18.4 Å². The van der Waals surface area contributed by atoms with Gasteiger partial charge in [0.05, 0.1) is 0 Å². The van der Waals surface area contributed by atoms with Gasteiger partial charge in [0.25, 0.3) is 0 Å². The van der Waals surface area contributed by atoms with Gasteiger partial charge in [-0.15, -0.1) is 0 Å². The normalized spacial score (nSPS) is 40.3. The van der Waals surface area contributed by atoms with Gasteiger partial charge >= 0.3 is 150 Å². The van der Waals surface area contributed by atoms with Crippen molar-refractivity contribution >= 4 is 5.78 Å². The minimum absolute atomic E-state index is 0.0495. The molecular formula is C20H27INO-. The van der Waals surface area contributed by atoms with Crippen molar-refractivity contribution in [3.05, 3.63) is 35.9 Å². The molecule has 0 bridgehead atoms. The van der Waals surface area contributed by atoms with Crippen LogP contribution in [0.5, 0.6) is 0 Å². The van der Waals surface area contributed by atoms with E-state index in [4.69, 9.17) is 0 Å². The summed E-state index contributed by atoms with van der Waals surface area (Å²) in [6, 6.07) is 10.8. The van der Waals surface area contributed by atoms with Crippen LogP contribution in [0.2, 0.25) is 0 Å². The van der Waals surface area contributed by atoms with Crippen LogP contribution in [0.3, 0.4) is 0 Å². The topological polar surface area (TPSA) is 20.3 Å². The van der Waals surface area contributed by atoms with Crippen molar-refractivity contribution in [1.82, 2.24) is 4.90 Å². The SMILES string of the molecule is CC1CCC1C(=O)C12CC[C@H]1[I-]C(C)N(Cc1ccccc1)C2. The van der Waals surface area contributed by atoms with Crippen LogP contribution in [0, 0.1) is 17.3 Å². The molecule has 1 aliphatic heterocycles. The number of hydrogen-bond acceptors (Lipinski definition) is 2. The van der Waals surface area contributed by atoms with Crippen LogP contribution in [0.1, 0.15) is 45.1 Å². The van der Waals surface area contributed by atoms with Crippen molar-refractivity contribution in [2.45, 2.75) is 54.0 Å². The quantitative estimate of drug-likeness (QED) is 0.403. The Labute approximate surface area is 150 Å². The van der Waals surface area contributed by atoms with E-state index in [0.29, 0.717) is 21.7 Å². The Hall–Kier alpha value is -0.420. The molecule has 23 heavy (non-hydrogen) atoms. The van der Waals surface area contributed by atoms with Crippen LogP contribution in [-0.2, 0) is 11.3 Å². The molecule has 0 amide bonds. The summed E-state index contributed by atoms with van der Waals surface area (Å²) in [4.78, 5) is 15.9. The molecule has 0 radical (unpaired) electrons. The number of carbonyl (C=O) groups excluding carboxylic acids is 1. The van der Waals surface area contributed by atoms with Crippen LogP contribution < -0.4 is 21.2 Å². The summed E-state index contributed by atoms with van der Waals surface area (Å²) in [6.45, 7) is 6.72. The number of halogens is 1. The molecule has 2 saturated carbocycles. The number of rotatable bonds is 4.